The van der Waals surface area contributed by atoms with Crippen LogP contribution in [0.2, 0.25) is 10.0 Å². The number of benzene rings is 4. The van der Waals surface area contributed by atoms with Gasteiger partial charge in [-0.2, -0.15) is 0 Å². The topological polar surface area (TPSA) is 96.0 Å². The summed E-state index contributed by atoms with van der Waals surface area (Å²) in [5.74, 6) is 0.189. The van der Waals surface area contributed by atoms with Crippen molar-refractivity contribution in [3.8, 4) is 11.5 Å². The van der Waals surface area contributed by atoms with Crippen LogP contribution in [-0.2, 0) is 26.2 Å². The van der Waals surface area contributed by atoms with Gasteiger partial charge in [0, 0.05) is 28.2 Å². The van der Waals surface area contributed by atoms with E-state index in [4.69, 9.17) is 27.9 Å². The molecule has 0 saturated heterocycles. The molecule has 0 aromatic heterocycles. The van der Waals surface area contributed by atoms with Gasteiger partial charge in [0.25, 0.3) is 10.0 Å². The predicted molar refractivity (Wildman–Crippen MR) is 185 cm³/mol. The van der Waals surface area contributed by atoms with Gasteiger partial charge in [0.05, 0.1) is 10.6 Å². The first kappa shape index (κ1) is 34.3. The zero-order valence-corrected chi connectivity index (χ0v) is 28.3. The summed E-state index contributed by atoms with van der Waals surface area (Å²) in [6.07, 6.45) is 4.92. The number of ether oxygens (including phenoxy) is 1. The van der Waals surface area contributed by atoms with Crippen LogP contribution in [0, 0.1) is 0 Å². The molecule has 5 rings (SSSR count). The van der Waals surface area contributed by atoms with Crippen molar-refractivity contribution in [1.29, 1.82) is 0 Å². The van der Waals surface area contributed by atoms with Crippen LogP contribution in [0.5, 0.6) is 11.5 Å². The summed E-state index contributed by atoms with van der Waals surface area (Å²) < 4.78 is 35.1. The summed E-state index contributed by atoms with van der Waals surface area (Å²) >= 11 is 13.0. The molecule has 4 aromatic rings. The maximum Gasteiger partial charge on any atom is 0.264 e. The molecule has 11 heteroatoms. The molecule has 1 fully saturated rings. The standard InChI is InChI=1S/C36H37Cl2N3O5S/c1-26(36(43)39-27-12-5-2-6-13-27)40(24-32-33(37)18-11-19-34(32)38)35(42)25-41(47(44,45)31-16-9-4-10-17-31)28-20-22-30(23-21-28)46-29-14-7-3-8-15-29/h3-4,7-11,14-23,26-27H,2,5-6,12-13,24-25H2,1H3,(H,39,43)/t26-/m1/s1. The van der Waals surface area contributed by atoms with E-state index < -0.39 is 28.5 Å². The number of rotatable bonds is 12. The molecule has 2 amide bonds. The molecular weight excluding hydrogens is 657 g/mol. The van der Waals surface area contributed by atoms with Gasteiger partial charge in [-0.1, -0.05) is 84.9 Å². The average molecular weight is 695 g/mol. The van der Waals surface area contributed by atoms with Gasteiger partial charge in [0.1, 0.15) is 24.1 Å². The molecule has 0 bridgehead atoms. The molecule has 0 radical (unpaired) electrons. The Morgan fingerprint density at radius 1 is 0.809 bits per heavy atom. The molecule has 8 nitrogen and oxygen atoms in total. The number of sulfonamides is 1. The van der Waals surface area contributed by atoms with Crippen molar-refractivity contribution in [2.75, 3.05) is 10.8 Å². The molecule has 0 aliphatic heterocycles. The number of carbonyl (C=O) groups is 2. The predicted octanol–water partition coefficient (Wildman–Crippen LogP) is 7.85. The lowest BCUT2D eigenvalue weighted by Gasteiger charge is -2.33. The maximum atomic E-state index is 14.3. The fraction of sp³-hybridized carbons (Fsp3) is 0.278. The highest BCUT2D eigenvalue weighted by Crippen LogP contribution is 2.30. The number of nitrogens with one attached hydrogen (secondary N) is 1. The van der Waals surface area contributed by atoms with Crippen molar-refractivity contribution in [1.82, 2.24) is 10.2 Å². The van der Waals surface area contributed by atoms with Gasteiger partial charge in [-0.05, 0) is 80.4 Å². The van der Waals surface area contributed by atoms with E-state index in [2.05, 4.69) is 5.32 Å². The first-order chi connectivity index (χ1) is 22.6. The van der Waals surface area contributed by atoms with Crippen LogP contribution in [0.4, 0.5) is 5.69 Å². The molecular formula is C36H37Cl2N3O5S. The monoisotopic (exact) mass is 693 g/mol. The highest BCUT2D eigenvalue weighted by Gasteiger charge is 2.34. The normalized spacial score (nSPS) is 14.2. The van der Waals surface area contributed by atoms with E-state index in [1.54, 1.807) is 67.6 Å². The van der Waals surface area contributed by atoms with Crippen molar-refractivity contribution in [2.45, 2.75) is 62.6 Å². The first-order valence-electron chi connectivity index (χ1n) is 15.6. The Hall–Kier alpha value is -4.05. The van der Waals surface area contributed by atoms with E-state index in [1.807, 2.05) is 30.3 Å². The number of para-hydroxylation sites is 1. The van der Waals surface area contributed by atoms with E-state index in [0.717, 1.165) is 36.4 Å². The smallest absolute Gasteiger partial charge is 0.264 e. The molecule has 0 heterocycles. The zero-order chi connectivity index (χ0) is 33.4. The molecule has 1 aliphatic rings. The summed E-state index contributed by atoms with van der Waals surface area (Å²) in [7, 11) is -4.22. The fourth-order valence-corrected chi connectivity index (χ4v) is 7.51. The second kappa shape index (κ2) is 15.7. The second-order valence-corrected chi connectivity index (χ2v) is 14.2. The number of carbonyl (C=O) groups excluding carboxylic acids is 2. The van der Waals surface area contributed by atoms with Crippen LogP contribution < -0.4 is 14.4 Å². The Morgan fingerprint density at radius 2 is 1.38 bits per heavy atom. The van der Waals surface area contributed by atoms with Gasteiger partial charge in [0.2, 0.25) is 11.8 Å². The van der Waals surface area contributed by atoms with Crippen molar-refractivity contribution < 1.29 is 22.7 Å². The van der Waals surface area contributed by atoms with Crippen LogP contribution in [0.1, 0.15) is 44.6 Å². The van der Waals surface area contributed by atoms with Crippen LogP contribution >= 0.6 is 23.2 Å². The molecule has 0 spiro atoms. The van der Waals surface area contributed by atoms with Crippen molar-refractivity contribution >= 4 is 50.7 Å². The number of nitrogens with zero attached hydrogens (tertiary/aromatic N) is 2. The summed E-state index contributed by atoms with van der Waals surface area (Å²) in [5, 5.41) is 3.75. The molecule has 47 heavy (non-hydrogen) atoms. The molecule has 1 saturated carbocycles. The molecule has 1 N–H and O–H groups in total. The average Bonchev–Trinajstić information content (AvgIpc) is 3.08. The van der Waals surface area contributed by atoms with Crippen LogP contribution in [0.15, 0.2) is 108 Å². The number of hydrogen-bond donors (Lipinski definition) is 1. The third-order valence-electron chi connectivity index (χ3n) is 8.22. The van der Waals surface area contributed by atoms with E-state index >= 15 is 0 Å². The summed E-state index contributed by atoms with van der Waals surface area (Å²) in [4.78, 5) is 29.2. The molecule has 4 aromatic carbocycles. The quantitative estimate of drug-likeness (QED) is 0.163. The van der Waals surface area contributed by atoms with Crippen molar-refractivity contribution in [3.05, 3.63) is 119 Å². The molecule has 1 aliphatic carbocycles. The van der Waals surface area contributed by atoms with E-state index in [0.29, 0.717) is 27.1 Å². The highest BCUT2D eigenvalue weighted by molar-refractivity contribution is 7.92. The van der Waals surface area contributed by atoms with Crippen molar-refractivity contribution in [3.63, 3.8) is 0 Å². The SMILES string of the molecule is C[C@H](C(=O)NC1CCCCC1)N(Cc1c(Cl)cccc1Cl)C(=O)CN(c1ccc(Oc2ccccc2)cc1)S(=O)(=O)c1ccccc1. The largest absolute Gasteiger partial charge is 0.457 e. The lowest BCUT2D eigenvalue weighted by Crippen LogP contribution is -2.53. The highest BCUT2D eigenvalue weighted by atomic mass is 35.5. The third kappa shape index (κ3) is 8.66. The third-order valence-corrected chi connectivity index (χ3v) is 10.7. The Morgan fingerprint density at radius 3 is 2.00 bits per heavy atom. The lowest BCUT2D eigenvalue weighted by molar-refractivity contribution is -0.139. The minimum Gasteiger partial charge on any atom is -0.457 e. The fourth-order valence-electron chi connectivity index (χ4n) is 5.56. The Bertz CT molecular complexity index is 1750. The lowest BCUT2D eigenvalue weighted by atomic mass is 9.95. The summed E-state index contributed by atoms with van der Waals surface area (Å²) in [6.45, 7) is 0.950. The maximum absolute atomic E-state index is 14.3. The van der Waals surface area contributed by atoms with Crippen LogP contribution in [0.25, 0.3) is 0 Å². The number of halogens is 2. The van der Waals surface area contributed by atoms with Gasteiger partial charge in [-0.3, -0.25) is 13.9 Å². The van der Waals surface area contributed by atoms with E-state index in [1.165, 1.54) is 17.0 Å². The van der Waals surface area contributed by atoms with Crippen LogP contribution in [0.3, 0.4) is 0 Å². The van der Waals surface area contributed by atoms with Gasteiger partial charge in [0.15, 0.2) is 0 Å². The van der Waals surface area contributed by atoms with Gasteiger partial charge < -0.3 is 15.0 Å². The molecule has 0 unspecified atom stereocenters. The summed E-state index contributed by atoms with van der Waals surface area (Å²) in [5.41, 5.74) is 0.707. The van der Waals surface area contributed by atoms with Gasteiger partial charge >= 0.3 is 0 Å². The van der Waals surface area contributed by atoms with E-state index in [9.17, 15) is 18.0 Å². The Labute approximate surface area is 286 Å². The molecule has 1 atom stereocenters. The second-order valence-electron chi connectivity index (χ2n) is 11.5. The van der Waals surface area contributed by atoms with E-state index in [-0.39, 0.29) is 29.1 Å². The molecule has 246 valence electrons. The minimum absolute atomic E-state index is 0.0150. The van der Waals surface area contributed by atoms with Crippen molar-refractivity contribution in [2.24, 2.45) is 0 Å². The number of anilines is 1. The van der Waals surface area contributed by atoms with Crippen LogP contribution in [-0.4, -0.2) is 43.8 Å². The number of amides is 2. The number of hydrogen-bond acceptors (Lipinski definition) is 5. The Kier molecular flexibility index (Phi) is 11.4. The zero-order valence-electron chi connectivity index (χ0n) is 26.0. The van der Waals surface area contributed by atoms with Gasteiger partial charge in [-0.15, -0.1) is 0 Å². The minimum atomic E-state index is -4.22. The van der Waals surface area contributed by atoms with Gasteiger partial charge in [-0.25, -0.2) is 8.42 Å². The Balaban J connectivity index is 1.47. The summed E-state index contributed by atoms with van der Waals surface area (Å²) in [6, 6.07) is 27.6. The first-order valence-corrected chi connectivity index (χ1v) is 17.8.